The lowest BCUT2D eigenvalue weighted by atomic mass is 10.2. The normalized spacial score (nSPS) is 17.2. The van der Waals surface area contributed by atoms with Gasteiger partial charge in [-0.15, -0.1) is 0 Å². The Bertz CT molecular complexity index is 363. The topological polar surface area (TPSA) is 21.3 Å². The summed E-state index contributed by atoms with van der Waals surface area (Å²) in [5.41, 5.74) is 1.13. The molecule has 0 bridgehead atoms. The van der Waals surface area contributed by atoms with Crippen molar-refractivity contribution in [2.75, 3.05) is 13.7 Å². The van der Waals surface area contributed by atoms with Crippen LogP contribution in [0.4, 0.5) is 0 Å². The average molecular weight is 240 g/mol. The molecule has 0 saturated heterocycles. The van der Waals surface area contributed by atoms with E-state index in [9.17, 15) is 0 Å². The quantitative estimate of drug-likeness (QED) is 0.853. The van der Waals surface area contributed by atoms with Crippen LogP contribution in [0.3, 0.4) is 0 Å². The minimum Gasteiger partial charge on any atom is -0.492 e. The second kappa shape index (κ2) is 5.07. The molecule has 88 valence electrons. The van der Waals surface area contributed by atoms with E-state index in [1.807, 2.05) is 32.2 Å². The van der Waals surface area contributed by atoms with Gasteiger partial charge in [-0.25, -0.2) is 0 Å². The summed E-state index contributed by atoms with van der Waals surface area (Å²) < 4.78 is 5.82. The van der Waals surface area contributed by atoms with Gasteiger partial charge in [0.2, 0.25) is 0 Å². The minimum absolute atomic E-state index is 0.471. The Kier molecular flexibility index (Phi) is 3.72. The van der Waals surface area contributed by atoms with Crippen molar-refractivity contribution in [3.8, 4) is 5.75 Å². The Morgan fingerprint density at radius 2 is 2.25 bits per heavy atom. The fourth-order valence-corrected chi connectivity index (χ4v) is 2.02. The summed E-state index contributed by atoms with van der Waals surface area (Å²) in [6.07, 6.45) is 2.65. The molecule has 1 aromatic carbocycles. The fourth-order valence-electron chi connectivity index (χ4n) is 1.86. The minimum atomic E-state index is 0.471. The molecular formula is C13H18ClNO. The molecule has 1 saturated carbocycles. The molecule has 0 aliphatic heterocycles. The lowest BCUT2D eigenvalue weighted by molar-refractivity contribution is 0.255. The Hall–Kier alpha value is -0.730. The van der Waals surface area contributed by atoms with E-state index in [-0.39, 0.29) is 0 Å². The van der Waals surface area contributed by atoms with Crippen molar-refractivity contribution < 1.29 is 4.74 Å². The zero-order valence-corrected chi connectivity index (χ0v) is 10.6. The summed E-state index contributed by atoms with van der Waals surface area (Å²) in [5.74, 6) is 1.69. The summed E-state index contributed by atoms with van der Waals surface area (Å²) in [5, 5.41) is 4.04. The number of aryl methyl sites for hydroxylation is 1. The smallest absolute Gasteiger partial charge is 0.123 e. The number of rotatable bonds is 5. The monoisotopic (exact) mass is 239 g/mol. The SMILES string of the molecule is CNC(COc1cc(Cl)ccc1C)C1CC1. The highest BCUT2D eigenvalue weighted by atomic mass is 35.5. The van der Waals surface area contributed by atoms with Gasteiger partial charge in [0.1, 0.15) is 12.4 Å². The first-order chi connectivity index (χ1) is 7.70. The van der Waals surface area contributed by atoms with Gasteiger partial charge in [0.25, 0.3) is 0 Å². The van der Waals surface area contributed by atoms with Crippen LogP contribution >= 0.6 is 11.6 Å². The van der Waals surface area contributed by atoms with Crippen molar-refractivity contribution in [1.29, 1.82) is 0 Å². The van der Waals surface area contributed by atoms with Crippen molar-refractivity contribution >= 4 is 11.6 Å². The van der Waals surface area contributed by atoms with Gasteiger partial charge in [0.15, 0.2) is 0 Å². The van der Waals surface area contributed by atoms with E-state index in [0.29, 0.717) is 6.04 Å². The number of hydrogen-bond acceptors (Lipinski definition) is 2. The maximum Gasteiger partial charge on any atom is 0.123 e. The summed E-state index contributed by atoms with van der Waals surface area (Å²) in [6, 6.07) is 6.23. The van der Waals surface area contributed by atoms with Crippen molar-refractivity contribution in [3.63, 3.8) is 0 Å². The van der Waals surface area contributed by atoms with E-state index in [1.165, 1.54) is 12.8 Å². The van der Waals surface area contributed by atoms with Gasteiger partial charge in [0, 0.05) is 11.1 Å². The Labute approximate surface area is 102 Å². The number of likely N-dealkylation sites (N-methyl/N-ethyl adjacent to an activating group) is 1. The molecule has 0 radical (unpaired) electrons. The largest absolute Gasteiger partial charge is 0.492 e. The van der Waals surface area contributed by atoms with Crippen LogP contribution in [-0.4, -0.2) is 19.7 Å². The van der Waals surface area contributed by atoms with E-state index in [2.05, 4.69) is 5.32 Å². The first-order valence-corrected chi connectivity index (χ1v) is 6.14. The van der Waals surface area contributed by atoms with Gasteiger partial charge in [-0.05, 0) is 50.4 Å². The van der Waals surface area contributed by atoms with Crippen molar-refractivity contribution in [3.05, 3.63) is 28.8 Å². The number of halogens is 1. The third-order valence-corrected chi connectivity index (χ3v) is 3.37. The van der Waals surface area contributed by atoms with E-state index >= 15 is 0 Å². The van der Waals surface area contributed by atoms with Crippen LogP contribution in [0.15, 0.2) is 18.2 Å². The summed E-state index contributed by atoms with van der Waals surface area (Å²) in [4.78, 5) is 0. The Morgan fingerprint density at radius 1 is 1.50 bits per heavy atom. The van der Waals surface area contributed by atoms with Gasteiger partial charge >= 0.3 is 0 Å². The van der Waals surface area contributed by atoms with E-state index in [1.54, 1.807) is 0 Å². The number of ether oxygens (including phenoxy) is 1. The van der Waals surface area contributed by atoms with Crippen LogP contribution in [0.5, 0.6) is 5.75 Å². The van der Waals surface area contributed by atoms with Gasteiger partial charge in [-0.1, -0.05) is 17.7 Å². The Morgan fingerprint density at radius 3 is 2.88 bits per heavy atom. The predicted molar refractivity (Wildman–Crippen MR) is 67.3 cm³/mol. The summed E-state index contributed by atoms with van der Waals surface area (Å²) in [7, 11) is 2.00. The molecule has 3 heteroatoms. The molecule has 1 unspecified atom stereocenters. The standard InChI is InChI=1S/C13H18ClNO/c1-9-3-6-11(14)7-13(9)16-8-12(15-2)10-4-5-10/h3,6-7,10,12,15H,4-5,8H2,1-2H3. The van der Waals surface area contributed by atoms with Crippen LogP contribution in [0, 0.1) is 12.8 Å². The molecule has 1 aliphatic carbocycles. The molecule has 1 fully saturated rings. The molecule has 0 heterocycles. The van der Waals surface area contributed by atoms with E-state index in [4.69, 9.17) is 16.3 Å². The fraction of sp³-hybridized carbons (Fsp3) is 0.538. The summed E-state index contributed by atoms with van der Waals surface area (Å²) in [6.45, 7) is 2.76. The molecule has 1 N–H and O–H groups in total. The molecule has 2 rings (SSSR count). The van der Waals surface area contributed by atoms with Crippen LogP contribution in [0.25, 0.3) is 0 Å². The highest BCUT2D eigenvalue weighted by Gasteiger charge is 2.30. The summed E-state index contributed by atoms with van der Waals surface area (Å²) >= 11 is 5.95. The predicted octanol–water partition coefficient (Wildman–Crippen LogP) is 3.03. The number of benzene rings is 1. The molecule has 0 spiro atoms. The molecule has 16 heavy (non-hydrogen) atoms. The van der Waals surface area contributed by atoms with Crippen molar-refractivity contribution in [2.24, 2.45) is 5.92 Å². The lowest BCUT2D eigenvalue weighted by Crippen LogP contribution is -2.33. The zero-order chi connectivity index (χ0) is 11.5. The number of nitrogens with one attached hydrogen (secondary N) is 1. The molecule has 0 aromatic heterocycles. The molecular weight excluding hydrogens is 222 g/mol. The third kappa shape index (κ3) is 2.89. The second-order valence-electron chi connectivity index (χ2n) is 4.45. The Balaban J connectivity index is 1.95. The second-order valence-corrected chi connectivity index (χ2v) is 4.89. The van der Waals surface area contributed by atoms with Crippen molar-refractivity contribution in [2.45, 2.75) is 25.8 Å². The van der Waals surface area contributed by atoms with Crippen LogP contribution in [0.2, 0.25) is 5.02 Å². The van der Waals surface area contributed by atoms with E-state index < -0.39 is 0 Å². The van der Waals surface area contributed by atoms with Gasteiger partial charge < -0.3 is 10.1 Å². The first kappa shape index (κ1) is 11.7. The lowest BCUT2D eigenvalue weighted by Gasteiger charge is -2.17. The molecule has 1 aromatic rings. The van der Waals surface area contributed by atoms with Gasteiger partial charge in [-0.2, -0.15) is 0 Å². The van der Waals surface area contributed by atoms with Gasteiger partial charge in [0.05, 0.1) is 0 Å². The number of hydrogen-bond donors (Lipinski definition) is 1. The molecule has 1 aliphatic rings. The van der Waals surface area contributed by atoms with Crippen molar-refractivity contribution in [1.82, 2.24) is 5.32 Å². The molecule has 2 nitrogen and oxygen atoms in total. The molecule has 0 amide bonds. The maximum atomic E-state index is 5.95. The van der Waals surface area contributed by atoms with Crippen LogP contribution < -0.4 is 10.1 Å². The molecule has 1 atom stereocenters. The first-order valence-electron chi connectivity index (χ1n) is 5.77. The highest BCUT2D eigenvalue weighted by molar-refractivity contribution is 6.30. The van der Waals surface area contributed by atoms with Crippen LogP contribution in [-0.2, 0) is 0 Å². The zero-order valence-electron chi connectivity index (χ0n) is 9.79. The third-order valence-electron chi connectivity index (χ3n) is 3.13. The highest BCUT2D eigenvalue weighted by Crippen LogP contribution is 2.33. The van der Waals surface area contributed by atoms with Gasteiger partial charge in [-0.3, -0.25) is 0 Å². The average Bonchev–Trinajstić information content (AvgIpc) is 3.08. The van der Waals surface area contributed by atoms with Crippen LogP contribution in [0.1, 0.15) is 18.4 Å². The van der Waals surface area contributed by atoms with E-state index in [0.717, 1.165) is 28.9 Å². The maximum absolute atomic E-state index is 5.95.